The number of likely N-dealkylation sites (tertiary alicyclic amines) is 1. The minimum atomic E-state index is -4.73. The molecule has 2 rings (SSSR count). The summed E-state index contributed by atoms with van der Waals surface area (Å²) in [4.78, 5) is 21.4. The lowest BCUT2D eigenvalue weighted by Gasteiger charge is -2.31. The second-order valence-corrected chi connectivity index (χ2v) is 7.71. The van der Waals surface area contributed by atoms with Crippen LogP contribution in [0.5, 0.6) is 0 Å². The lowest BCUT2D eigenvalue weighted by molar-refractivity contribution is -0.141. The number of hydrogen-bond donors (Lipinski definition) is 1. The van der Waals surface area contributed by atoms with Crippen molar-refractivity contribution in [2.24, 2.45) is 5.41 Å². The van der Waals surface area contributed by atoms with Crippen LogP contribution in [0.25, 0.3) is 0 Å². The van der Waals surface area contributed by atoms with Crippen molar-refractivity contribution in [2.75, 3.05) is 31.2 Å². The molecule has 27 heavy (non-hydrogen) atoms. The predicted molar refractivity (Wildman–Crippen MR) is 92.4 cm³/mol. The second-order valence-electron chi connectivity index (χ2n) is 7.71. The van der Waals surface area contributed by atoms with E-state index in [1.54, 1.807) is 0 Å². The number of carbonyl (C=O) groups is 1. The fourth-order valence-corrected chi connectivity index (χ4v) is 2.75. The SMILES string of the molecule is CC(C)(C)CN(NC(=O)CN1CCCC1)c1cc(C(F)(F)F)nc(C#N)n1. The highest BCUT2D eigenvalue weighted by atomic mass is 19.4. The Hall–Kier alpha value is -2.41. The van der Waals surface area contributed by atoms with Crippen molar-refractivity contribution in [3.05, 3.63) is 17.6 Å². The minimum absolute atomic E-state index is 0.156. The fourth-order valence-electron chi connectivity index (χ4n) is 2.75. The van der Waals surface area contributed by atoms with Crippen molar-refractivity contribution in [2.45, 2.75) is 39.8 Å². The van der Waals surface area contributed by atoms with Crippen molar-refractivity contribution >= 4 is 11.7 Å². The number of halogens is 3. The topological polar surface area (TPSA) is 85.2 Å². The summed E-state index contributed by atoms with van der Waals surface area (Å²) >= 11 is 0. The summed E-state index contributed by atoms with van der Waals surface area (Å²) in [5.74, 6) is -1.11. The van der Waals surface area contributed by atoms with E-state index >= 15 is 0 Å². The summed E-state index contributed by atoms with van der Waals surface area (Å²) < 4.78 is 39.3. The molecule has 1 N–H and O–H groups in total. The van der Waals surface area contributed by atoms with Gasteiger partial charge in [0.1, 0.15) is 6.07 Å². The van der Waals surface area contributed by atoms with Crippen molar-refractivity contribution < 1.29 is 18.0 Å². The number of alkyl halides is 3. The Kier molecular flexibility index (Phi) is 6.26. The molecule has 0 aliphatic carbocycles. The van der Waals surface area contributed by atoms with Crippen molar-refractivity contribution in [1.29, 1.82) is 5.26 Å². The maximum absolute atomic E-state index is 13.1. The van der Waals surface area contributed by atoms with Gasteiger partial charge in [-0.2, -0.15) is 23.4 Å². The smallest absolute Gasteiger partial charge is 0.294 e. The van der Waals surface area contributed by atoms with Gasteiger partial charge in [-0.3, -0.25) is 20.1 Å². The Morgan fingerprint density at radius 3 is 2.44 bits per heavy atom. The molecule has 1 aliphatic rings. The monoisotopic (exact) mass is 384 g/mol. The van der Waals surface area contributed by atoms with Gasteiger partial charge in [0.2, 0.25) is 5.82 Å². The quantitative estimate of drug-likeness (QED) is 0.785. The van der Waals surface area contributed by atoms with Crippen LogP contribution in [0.15, 0.2) is 6.07 Å². The van der Waals surface area contributed by atoms with E-state index in [0.29, 0.717) is 0 Å². The Labute approximate surface area is 156 Å². The molecule has 0 spiro atoms. The van der Waals surface area contributed by atoms with E-state index in [0.717, 1.165) is 32.0 Å². The van der Waals surface area contributed by atoms with Gasteiger partial charge in [0, 0.05) is 12.6 Å². The number of carbonyl (C=O) groups excluding carboxylic acids is 1. The first-order valence-electron chi connectivity index (χ1n) is 8.64. The lowest BCUT2D eigenvalue weighted by atomic mass is 9.97. The van der Waals surface area contributed by atoms with Crippen LogP contribution in [0.2, 0.25) is 0 Å². The molecule has 1 saturated heterocycles. The van der Waals surface area contributed by atoms with E-state index < -0.39 is 17.7 Å². The van der Waals surface area contributed by atoms with Crippen molar-refractivity contribution in [3.63, 3.8) is 0 Å². The van der Waals surface area contributed by atoms with Gasteiger partial charge < -0.3 is 0 Å². The highest BCUT2D eigenvalue weighted by Crippen LogP contribution is 2.30. The van der Waals surface area contributed by atoms with E-state index in [4.69, 9.17) is 5.26 Å². The van der Waals surface area contributed by atoms with Gasteiger partial charge >= 0.3 is 6.18 Å². The first-order chi connectivity index (χ1) is 12.5. The van der Waals surface area contributed by atoms with Crippen LogP contribution in [0.1, 0.15) is 45.1 Å². The summed E-state index contributed by atoms with van der Waals surface area (Å²) in [7, 11) is 0. The summed E-state index contributed by atoms with van der Waals surface area (Å²) in [5.41, 5.74) is 1.06. The molecular formula is C17H23F3N6O. The van der Waals surface area contributed by atoms with Gasteiger partial charge in [0.15, 0.2) is 11.5 Å². The second kappa shape index (κ2) is 8.08. The molecule has 0 atom stereocenters. The molecule has 2 heterocycles. The third-order valence-corrected chi connectivity index (χ3v) is 3.84. The number of hydrazine groups is 1. The van der Waals surface area contributed by atoms with Gasteiger partial charge in [0.25, 0.3) is 5.91 Å². The average molecular weight is 384 g/mol. The number of anilines is 1. The van der Waals surface area contributed by atoms with Crippen LogP contribution in [0, 0.1) is 16.7 Å². The molecule has 0 unspecified atom stereocenters. The molecule has 0 aromatic carbocycles. The van der Waals surface area contributed by atoms with Crippen LogP contribution in [-0.2, 0) is 11.0 Å². The Morgan fingerprint density at radius 2 is 1.93 bits per heavy atom. The minimum Gasteiger partial charge on any atom is -0.294 e. The summed E-state index contributed by atoms with van der Waals surface area (Å²) in [6, 6.07) is 2.28. The van der Waals surface area contributed by atoms with Gasteiger partial charge in [-0.25, -0.2) is 4.98 Å². The normalized spacial score (nSPS) is 15.4. The standard InChI is InChI=1S/C17H23F3N6O/c1-16(2,3)11-26(24-15(27)10-25-6-4-5-7-25)14-8-12(17(18,19)20)22-13(9-21)23-14/h8H,4-7,10-11H2,1-3H3,(H,24,27). The molecule has 1 aromatic rings. The molecule has 1 aliphatic heterocycles. The number of aromatic nitrogens is 2. The largest absolute Gasteiger partial charge is 0.433 e. The maximum Gasteiger partial charge on any atom is 0.433 e. The molecule has 10 heteroatoms. The van der Waals surface area contributed by atoms with E-state index in [9.17, 15) is 18.0 Å². The van der Waals surface area contributed by atoms with Crippen molar-refractivity contribution in [3.8, 4) is 6.07 Å². The predicted octanol–water partition coefficient (Wildman–Crippen LogP) is 2.35. The summed E-state index contributed by atoms with van der Waals surface area (Å²) in [6.45, 7) is 7.63. The molecule has 1 amide bonds. The molecule has 0 bridgehead atoms. The van der Waals surface area contributed by atoms with Gasteiger partial charge in [-0.15, -0.1) is 0 Å². The molecule has 0 saturated carbocycles. The zero-order chi connectivity index (χ0) is 20.2. The Balaban J connectivity index is 2.30. The van der Waals surface area contributed by atoms with E-state index in [1.165, 1.54) is 11.1 Å². The van der Waals surface area contributed by atoms with E-state index in [2.05, 4.69) is 15.4 Å². The number of nitrogens with one attached hydrogen (secondary N) is 1. The maximum atomic E-state index is 13.1. The van der Waals surface area contributed by atoms with Crippen LogP contribution < -0.4 is 10.4 Å². The molecule has 7 nitrogen and oxygen atoms in total. The van der Waals surface area contributed by atoms with Gasteiger partial charge in [-0.1, -0.05) is 20.8 Å². The number of nitrogens with zero attached hydrogens (tertiary/aromatic N) is 5. The first kappa shape index (κ1) is 20.9. The van der Waals surface area contributed by atoms with Gasteiger partial charge in [0.05, 0.1) is 6.54 Å². The zero-order valence-corrected chi connectivity index (χ0v) is 15.6. The third-order valence-electron chi connectivity index (χ3n) is 3.84. The summed E-state index contributed by atoms with van der Waals surface area (Å²) in [6.07, 6.45) is -2.69. The molecule has 1 aromatic heterocycles. The Morgan fingerprint density at radius 1 is 1.30 bits per heavy atom. The zero-order valence-electron chi connectivity index (χ0n) is 15.6. The van der Waals surface area contributed by atoms with Crippen molar-refractivity contribution in [1.82, 2.24) is 20.3 Å². The lowest BCUT2D eigenvalue weighted by Crippen LogP contribution is -2.50. The number of nitriles is 1. The highest BCUT2D eigenvalue weighted by molar-refractivity contribution is 5.79. The average Bonchev–Trinajstić information content (AvgIpc) is 3.04. The molecule has 148 valence electrons. The van der Waals surface area contributed by atoms with Gasteiger partial charge in [-0.05, 0) is 31.3 Å². The molecule has 0 radical (unpaired) electrons. The summed E-state index contributed by atoms with van der Waals surface area (Å²) in [5, 5.41) is 10.2. The van der Waals surface area contributed by atoms with Crippen LogP contribution >= 0.6 is 0 Å². The van der Waals surface area contributed by atoms with Crippen LogP contribution in [0.3, 0.4) is 0 Å². The molecular weight excluding hydrogens is 361 g/mol. The Bertz CT molecular complexity index is 717. The first-order valence-corrected chi connectivity index (χ1v) is 8.64. The number of hydrogen-bond acceptors (Lipinski definition) is 6. The third kappa shape index (κ3) is 6.36. The van der Waals surface area contributed by atoms with E-state index in [1.807, 2.05) is 25.7 Å². The number of amides is 1. The fraction of sp³-hybridized carbons (Fsp3) is 0.647. The number of rotatable bonds is 5. The van der Waals surface area contributed by atoms with E-state index in [-0.39, 0.29) is 30.2 Å². The van der Waals surface area contributed by atoms with Crippen LogP contribution in [0.4, 0.5) is 19.0 Å². The van der Waals surface area contributed by atoms with Crippen LogP contribution in [-0.4, -0.2) is 47.0 Å². The molecule has 1 fully saturated rings. The highest BCUT2D eigenvalue weighted by Gasteiger charge is 2.35.